The highest BCUT2D eigenvalue weighted by Crippen LogP contribution is 2.24. The van der Waals surface area contributed by atoms with Crippen molar-refractivity contribution in [3.05, 3.63) is 53.6 Å². The molecule has 0 aromatic heterocycles. The van der Waals surface area contributed by atoms with E-state index in [0.717, 1.165) is 11.1 Å². The zero-order valence-corrected chi connectivity index (χ0v) is 12.8. The average molecular weight is 306 g/mol. The van der Waals surface area contributed by atoms with Gasteiger partial charge in [-0.25, -0.2) is 8.42 Å². The molecule has 3 N–H and O–H groups in total. The number of hydrogen-bond acceptors (Lipinski definition) is 4. The number of ether oxygens (including phenoxy) is 1. The molecule has 0 aliphatic carbocycles. The largest absolute Gasteiger partial charge is 0.497 e. The van der Waals surface area contributed by atoms with Crippen molar-refractivity contribution in [1.82, 2.24) is 0 Å². The van der Waals surface area contributed by atoms with Gasteiger partial charge in [-0.1, -0.05) is 12.1 Å². The number of nitrogens with one attached hydrogen (secondary N) is 1. The fourth-order valence-corrected chi connectivity index (χ4v) is 3.12. The number of hydrogen-bond donors (Lipinski definition) is 2. The summed E-state index contributed by atoms with van der Waals surface area (Å²) in [6.07, 6.45) is 0. The van der Waals surface area contributed by atoms with E-state index in [-0.39, 0.29) is 4.90 Å². The lowest BCUT2D eigenvalue weighted by Crippen LogP contribution is -2.14. The molecule has 0 unspecified atom stereocenters. The highest BCUT2D eigenvalue weighted by Gasteiger charge is 2.15. The molecule has 5 nitrogen and oxygen atoms in total. The van der Waals surface area contributed by atoms with Crippen LogP contribution in [0.25, 0.3) is 0 Å². The van der Waals surface area contributed by atoms with Crippen molar-refractivity contribution in [3.8, 4) is 5.75 Å². The van der Waals surface area contributed by atoms with Crippen molar-refractivity contribution in [3.63, 3.8) is 0 Å². The lowest BCUT2D eigenvalue weighted by atomic mass is 10.2. The molecule has 112 valence electrons. The van der Waals surface area contributed by atoms with Crippen LogP contribution in [0.3, 0.4) is 0 Å². The molecule has 0 fully saturated rings. The predicted octanol–water partition coefficient (Wildman–Crippen LogP) is 2.26. The van der Waals surface area contributed by atoms with Crippen LogP contribution in [-0.2, 0) is 16.6 Å². The summed E-state index contributed by atoms with van der Waals surface area (Å²) >= 11 is 0. The number of rotatable bonds is 5. The van der Waals surface area contributed by atoms with E-state index in [1.165, 1.54) is 0 Å². The summed E-state index contributed by atoms with van der Waals surface area (Å²) < 4.78 is 32.5. The Labute approximate surface area is 124 Å². The zero-order chi connectivity index (χ0) is 15.5. The molecule has 0 heterocycles. The molecule has 0 spiro atoms. The molecule has 2 rings (SSSR count). The van der Waals surface area contributed by atoms with E-state index >= 15 is 0 Å². The third-order valence-corrected chi connectivity index (χ3v) is 4.49. The van der Waals surface area contributed by atoms with Crippen LogP contribution in [-0.4, -0.2) is 15.5 Å². The van der Waals surface area contributed by atoms with Gasteiger partial charge in [-0.2, -0.15) is 0 Å². The molecule has 0 atom stereocenters. The molecule has 0 radical (unpaired) electrons. The van der Waals surface area contributed by atoms with Crippen molar-refractivity contribution in [1.29, 1.82) is 0 Å². The minimum Gasteiger partial charge on any atom is -0.497 e. The summed E-state index contributed by atoms with van der Waals surface area (Å²) in [5, 5.41) is 0. The van der Waals surface area contributed by atoms with Crippen molar-refractivity contribution >= 4 is 15.7 Å². The topological polar surface area (TPSA) is 81.4 Å². The van der Waals surface area contributed by atoms with Gasteiger partial charge in [0.2, 0.25) is 0 Å². The number of nitrogens with two attached hydrogens (primary N) is 1. The maximum atomic E-state index is 12.4. The van der Waals surface area contributed by atoms with Gasteiger partial charge in [0.25, 0.3) is 10.0 Å². The standard InChI is InChI=1S/C15H18N2O3S/c1-11-8-13(20-2)6-7-15(11)17-21(18,19)14-5-3-4-12(9-14)10-16/h3-9,17H,10,16H2,1-2H3. The van der Waals surface area contributed by atoms with Crippen LogP contribution in [0.15, 0.2) is 47.4 Å². The fraction of sp³-hybridized carbons (Fsp3) is 0.200. The summed E-state index contributed by atoms with van der Waals surface area (Å²) in [5.74, 6) is 0.681. The Balaban J connectivity index is 2.32. The van der Waals surface area contributed by atoms with Crippen LogP contribution in [0.5, 0.6) is 5.75 Å². The Kier molecular flexibility index (Phi) is 4.50. The normalized spacial score (nSPS) is 11.2. The zero-order valence-electron chi connectivity index (χ0n) is 12.0. The maximum Gasteiger partial charge on any atom is 0.261 e. The molecule has 0 aliphatic heterocycles. The SMILES string of the molecule is COc1ccc(NS(=O)(=O)c2cccc(CN)c2)c(C)c1. The van der Waals surface area contributed by atoms with Crippen molar-refractivity contribution in [2.45, 2.75) is 18.4 Å². The lowest BCUT2D eigenvalue weighted by Gasteiger charge is -2.12. The van der Waals surface area contributed by atoms with E-state index in [1.807, 2.05) is 6.92 Å². The molecule has 0 saturated carbocycles. The van der Waals surface area contributed by atoms with Gasteiger partial charge >= 0.3 is 0 Å². The Morgan fingerprint density at radius 2 is 1.95 bits per heavy atom. The molecule has 0 aliphatic rings. The predicted molar refractivity (Wildman–Crippen MR) is 82.9 cm³/mol. The summed E-state index contributed by atoms with van der Waals surface area (Å²) in [7, 11) is -2.07. The van der Waals surface area contributed by atoms with E-state index in [0.29, 0.717) is 18.0 Å². The van der Waals surface area contributed by atoms with Crippen molar-refractivity contribution in [2.75, 3.05) is 11.8 Å². The van der Waals surface area contributed by atoms with E-state index in [2.05, 4.69) is 4.72 Å². The molecule has 2 aromatic rings. The molecular weight excluding hydrogens is 288 g/mol. The third-order valence-electron chi connectivity index (χ3n) is 3.12. The van der Waals surface area contributed by atoms with Gasteiger partial charge in [-0.05, 0) is 48.4 Å². The monoisotopic (exact) mass is 306 g/mol. The molecule has 21 heavy (non-hydrogen) atoms. The van der Waals surface area contributed by atoms with Crippen LogP contribution < -0.4 is 15.2 Å². The van der Waals surface area contributed by atoms with Gasteiger partial charge in [0.15, 0.2) is 0 Å². The highest BCUT2D eigenvalue weighted by atomic mass is 32.2. The van der Waals surface area contributed by atoms with Crippen LogP contribution >= 0.6 is 0 Å². The molecule has 6 heteroatoms. The fourth-order valence-electron chi connectivity index (χ4n) is 1.92. The van der Waals surface area contributed by atoms with Crippen molar-refractivity contribution in [2.24, 2.45) is 5.73 Å². The van der Waals surface area contributed by atoms with Crippen LogP contribution in [0.2, 0.25) is 0 Å². The summed E-state index contributed by atoms with van der Waals surface area (Å²) in [6.45, 7) is 2.11. The number of aryl methyl sites for hydroxylation is 1. The third kappa shape index (κ3) is 3.53. The smallest absolute Gasteiger partial charge is 0.261 e. The van der Waals surface area contributed by atoms with Gasteiger partial charge in [0.05, 0.1) is 17.7 Å². The number of sulfonamides is 1. The molecular formula is C15H18N2O3S. The second kappa shape index (κ2) is 6.15. The summed E-state index contributed by atoms with van der Waals surface area (Å²) in [6, 6.07) is 11.7. The number of methoxy groups -OCH3 is 1. The molecule has 0 amide bonds. The van der Waals surface area contributed by atoms with Gasteiger partial charge in [0, 0.05) is 6.54 Å². The number of anilines is 1. The first-order valence-corrected chi connectivity index (χ1v) is 7.91. The Bertz CT molecular complexity index is 742. The molecule has 0 bridgehead atoms. The molecule has 0 saturated heterocycles. The first-order valence-electron chi connectivity index (χ1n) is 6.43. The van der Waals surface area contributed by atoms with Crippen LogP contribution in [0.4, 0.5) is 5.69 Å². The Morgan fingerprint density at radius 1 is 1.19 bits per heavy atom. The molecule has 2 aromatic carbocycles. The van der Waals surface area contributed by atoms with E-state index in [9.17, 15) is 8.42 Å². The maximum absolute atomic E-state index is 12.4. The first-order chi connectivity index (χ1) is 9.96. The summed E-state index contributed by atoms with van der Waals surface area (Å²) in [5.41, 5.74) is 7.62. The minimum atomic E-state index is -3.63. The lowest BCUT2D eigenvalue weighted by molar-refractivity contribution is 0.414. The second-order valence-corrected chi connectivity index (χ2v) is 6.32. The quantitative estimate of drug-likeness (QED) is 0.888. The second-order valence-electron chi connectivity index (χ2n) is 4.64. The minimum absolute atomic E-state index is 0.195. The van der Waals surface area contributed by atoms with Crippen LogP contribution in [0.1, 0.15) is 11.1 Å². The van der Waals surface area contributed by atoms with Crippen molar-refractivity contribution < 1.29 is 13.2 Å². The van der Waals surface area contributed by atoms with E-state index in [1.54, 1.807) is 49.6 Å². The van der Waals surface area contributed by atoms with Gasteiger partial charge in [0.1, 0.15) is 5.75 Å². The average Bonchev–Trinajstić information content (AvgIpc) is 2.49. The van der Waals surface area contributed by atoms with Gasteiger partial charge in [-0.3, -0.25) is 4.72 Å². The Hall–Kier alpha value is -2.05. The van der Waals surface area contributed by atoms with Gasteiger partial charge in [-0.15, -0.1) is 0 Å². The van der Waals surface area contributed by atoms with Gasteiger partial charge < -0.3 is 10.5 Å². The number of benzene rings is 2. The van der Waals surface area contributed by atoms with E-state index in [4.69, 9.17) is 10.5 Å². The van der Waals surface area contributed by atoms with E-state index < -0.39 is 10.0 Å². The first kappa shape index (κ1) is 15.3. The highest BCUT2D eigenvalue weighted by molar-refractivity contribution is 7.92. The summed E-state index contributed by atoms with van der Waals surface area (Å²) in [4.78, 5) is 0.195. The Morgan fingerprint density at radius 3 is 2.57 bits per heavy atom. The van der Waals surface area contributed by atoms with Crippen LogP contribution in [0, 0.1) is 6.92 Å².